The van der Waals surface area contributed by atoms with Crippen molar-refractivity contribution in [2.24, 2.45) is 5.92 Å². The van der Waals surface area contributed by atoms with Gasteiger partial charge in [0.1, 0.15) is 0 Å². The maximum absolute atomic E-state index is 3.70. The lowest BCUT2D eigenvalue weighted by Crippen LogP contribution is -2.38. The zero-order chi connectivity index (χ0) is 14.5. The Labute approximate surface area is 127 Å². The molecule has 0 radical (unpaired) electrons. The van der Waals surface area contributed by atoms with E-state index in [0.717, 1.165) is 12.5 Å². The zero-order valence-corrected chi connectivity index (χ0v) is 14.5. The fraction of sp³-hybridized carbons (Fsp3) is 0.647. The van der Waals surface area contributed by atoms with Crippen molar-refractivity contribution < 1.29 is 0 Å². The Hall–Kier alpha value is -0.340. The van der Waals surface area contributed by atoms with E-state index in [0.29, 0.717) is 5.92 Å². The van der Waals surface area contributed by atoms with Crippen LogP contribution in [0.2, 0.25) is 0 Å². The van der Waals surface area contributed by atoms with E-state index in [1.807, 2.05) is 0 Å². The summed E-state index contributed by atoms with van der Waals surface area (Å²) in [5.41, 5.74) is 1.61. The van der Waals surface area contributed by atoms with Crippen LogP contribution in [0.3, 0.4) is 0 Å². The average molecular weight is 326 g/mol. The summed E-state index contributed by atoms with van der Waals surface area (Å²) in [5, 5.41) is 3.66. The van der Waals surface area contributed by atoms with Gasteiger partial charge in [-0.1, -0.05) is 54.4 Å². The SMILES string of the molecule is CCC(C)CC(CNC(C)(C)C)c1ccccc1Br. The molecule has 2 atom stereocenters. The summed E-state index contributed by atoms with van der Waals surface area (Å²) in [7, 11) is 0. The fourth-order valence-corrected chi connectivity index (χ4v) is 2.82. The lowest BCUT2D eigenvalue weighted by atomic mass is 9.88. The molecule has 0 fully saturated rings. The highest BCUT2D eigenvalue weighted by molar-refractivity contribution is 9.10. The molecule has 1 aromatic rings. The molecule has 0 aliphatic carbocycles. The third kappa shape index (κ3) is 6.09. The van der Waals surface area contributed by atoms with Gasteiger partial charge in [0.15, 0.2) is 0 Å². The van der Waals surface area contributed by atoms with Crippen molar-refractivity contribution in [3.63, 3.8) is 0 Å². The summed E-state index contributed by atoms with van der Waals surface area (Å²) in [6, 6.07) is 8.63. The number of hydrogen-bond acceptors (Lipinski definition) is 1. The van der Waals surface area contributed by atoms with Gasteiger partial charge >= 0.3 is 0 Å². The minimum absolute atomic E-state index is 0.176. The predicted octanol–water partition coefficient (Wildman–Crippen LogP) is 5.36. The van der Waals surface area contributed by atoms with E-state index in [2.05, 4.69) is 80.1 Å². The van der Waals surface area contributed by atoms with Gasteiger partial charge < -0.3 is 5.32 Å². The maximum Gasteiger partial charge on any atom is 0.0210 e. The molecule has 1 rings (SSSR count). The Morgan fingerprint density at radius 3 is 2.37 bits per heavy atom. The van der Waals surface area contributed by atoms with Crippen LogP contribution in [-0.2, 0) is 0 Å². The molecule has 0 amide bonds. The van der Waals surface area contributed by atoms with E-state index in [1.165, 1.54) is 22.9 Å². The number of nitrogens with one attached hydrogen (secondary N) is 1. The minimum atomic E-state index is 0.176. The van der Waals surface area contributed by atoms with Crippen molar-refractivity contribution in [3.05, 3.63) is 34.3 Å². The zero-order valence-electron chi connectivity index (χ0n) is 13.0. The van der Waals surface area contributed by atoms with Gasteiger partial charge in [-0.05, 0) is 50.7 Å². The first-order chi connectivity index (χ1) is 8.83. The van der Waals surface area contributed by atoms with E-state index in [1.54, 1.807) is 0 Å². The normalized spacial score (nSPS) is 15.3. The highest BCUT2D eigenvalue weighted by Crippen LogP contribution is 2.30. The second kappa shape index (κ2) is 7.44. The Balaban J connectivity index is 2.83. The van der Waals surface area contributed by atoms with Crippen LogP contribution in [-0.4, -0.2) is 12.1 Å². The number of benzene rings is 1. The number of halogens is 1. The minimum Gasteiger partial charge on any atom is -0.311 e. The number of hydrogen-bond donors (Lipinski definition) is 1. The molecule has 1 nitrogen and oxygen atoms in total. The van der Waals surface area contributed by atoms with Crippen LogP contribution in [0.15, 0.2) is 28.7 Å². The van der Waals surface area contributed by atoms with E-state index in [4.69, 9.17) is 0 Å². The summed E-state index contributed by atoms with van der Waals surface area (Å²) >= 11 is 3.70. The van der Waals surface area contributed by atoms with Gasteiger partial charge in [0.05, 0.1) is 0 Å². The summed E-state index contributed by atoms with van der Waals surface area (Å²) in [6.07, 6.45) is 2.48. The van der Waals surface area contributed by atoms with Gasteiger partial charge in [-0.2, -0.15) is 0 Å². The van der Waals surface area contributed by atoms with E-state index >= 15 is 0 Å². The molecule has 0 spiro atoms. The third-order valence-corrected chi connectivity index (χ3v) is 4.33. The summed E-state index contributed by atoms with van der Waals surface area (Å²) in [4.78, 5) is 0. The van der Waals surface area contributed by atoms with Crippen LogP contribution in [0.25, 0.3) is 0 Å². The Morgan fingerprint density at radius 1 is 1.21 bits per heavy atom. The predicted molar refractivity (Wildman–Crippen MR) is 88.7 cm³/mol. The third-order valence-electron chi connectivity index (χ3n) is 3.61. The maximum atomic E-state index is 3.70. The molecule has 1 N–H and O–H groups in total. The molecule has 0 saturated carbocycles. The summed E-state index contributed by atoms with van der Waals surface area (Å²) in [6.45, 7) is 12.4. The van der Waals surface area contributed by atoms with Gasteiger partial charge in [0.25, 0.3) is 0 Å². The van der Waals surface area contributed by atoms with Crippen LogP contribution >= 0.6 is 15.9 Å². The molecule has 0 aliphatic rings. The molecule has 19 heavy (non-hydrogen) atoms. The van der Waals surface area contributed by atoms with E-state index in [-0.39, 0.29) is 5.54 Å². The molecule has 1 aromatic carbocycles. The highest BCUT2D eigenvalue weighted by atomic mass is 79.9. The standard InChI is InChI=1S/C17H28BrN/c1-6-13(2)11-14(12-19-17(3,4)5)15-9-7-8-10-16(15)18/h7-10,13-14,19H,6,11-12H2,1-5H3. The van der Waals surface area contributed by atoms with Gasteiger partial charge in [0, 0.05) is 16.6 Å². The highest BCUT2D eigenvalue weighted by Gasteiger charge is 2.19. The Bertz CT molecular complexity index is 381. The number of rotatable bonds is 6. The first-order valence-electron chi connectivity index (χ1n) is 7.33. The van der Waals surface area contributed by atoms with E-state index in [9.17, 15) is 0 Å². The first kappa shape index (κ1) is 16.7. The van der Waals surface area contributed by atoms with Crippen molar-refractivity contribution in [2.75, 3.05) is 6.54 Å². The van der Waals surface area contributed by atoms with Crippen molar-refractivity contribution in [1.82, 2.24) is 5.32 Å². The Kier molecular flexibility index (Phi) is 6.55. The van der Waals surface area contributed by atoms with Crippen LogP contribution in [0.5, 0.6) is 0 Å². The molecule has 0 saturated heterocycles. The lowest BCUT2D eigenvalue weighted by molar-refractivity contribution is 0.371. The Morgan fingerprint density at radius 2 is 1.84 bits per heavy atom. The van der Waals surface area contributed by atoms with Gasteiger partial charge in [-0.3, -0.25) is 0 Å². The molecule has 0 aliphatic heterocycles. The summed E-state index contributed by atoms with van der Waals surface area (Å²) < 4.78 is 1.24. The smallest absolute Gasteiger partial charge is 0.0210 e. The van der Waals surface area contributed by atoms with Crippen LogP contribution in [0, 0.1) is 5.92 Å². The second-order valence-electron chi connectivity index (χ2n) is 6.60. The largest absolute Gasteiger partial charge is 0.311 e. The average Bonchev–Trinajstić information content (AvgIpc) is 2.34. The van der Waals surface area contributed by atoms with Crippen LogP contribution in [0.4, 0.5) is 0 Å². The van der Waals surface area contributed by atoms with Crippen molar-refractivity contribution in [3.8, 4) is 0 Å². The summed E-state index contributed by atoms with van der Waals surface area (Å²) in [5.74, 6) is 1.34. The van der Waals surface area contributed by atoms with Gasteiger partial charge in [-0.25, -0.2) is 0 Å². The second-order valence-corrected chi connectivity index (χ2v) is 7.45. The van der Waals surface area contributed by atoms with Gasteiger partial charge in [0.2, 0.25) is 0 Å². The van der Waals surface area contributed by atoms with Crippen molar-refractivity contribution in [2.45, 2.75) is 58.9 Å². The molecular formula is C17H28BrN. The topological polar surface area (TPSA) is 12.0 Å². The molecule has 0 bridgehead atoms. The van der Waals surface area contributed by atoms with Gasteiger partial charge in [-0.15, -0.1) is 0 Å². The van der Waals surface area contributed by atoms with Crippen LogP contribution in [0.1, 0.15) is 58.9 Å². The van der Waals surface area contributed by atoms with Crippen molar-refractivity contribution in [1.29, 1.82) is 0 Å². The molecule has 0 aromatic heterocycles. The molecule has 0 heterocycles. The molecule has 2 heteroatoms. The van der Waals surface area contributed by atoms with Crippen LogP contribution < -0.4 is 5.32 Å². The monoisotopic (exact) mass is 325 g/mol. The first-order valence-corrected chi connectivity index (χ1v) is 8.12. The molecule has 2 unspecified atom stereocenters. The van der Waals surface area contributed by atoms with Crippen molar-refractivity contribution >= 4 is 15.9 Å². The molecular weight excluding hydrogens is 298 g/mol. The van der Waals surface area contributed by atoms with E-state index < -0.39 is 0 Å². The quantitative estimate of drug-likeness (QED) is 0.742. The molecule has 108 valence electrons. The fourth-order valence-electron chi connectivity index (χ4n) is 2.21. The lowest BCUT2D eigenvalue weighted by Gasteiger charge is -2.27.